The summed E-state index contributed by atoms with van der Waals surface area (Å²) in [6.07, 6.45) is 8.61. The molecule has 24 heteroatoms. The molecule has 6 heterocycles. The zero-order valence-electron chi connectivity index (χ0n) is 58.1. The number of methoxy groups -OCH3 is 1. The Labute approximate surface area is 589 Å². The Bertz CT molecular complexity index is 4830. The van der Waals surface area contributed by atoms with E-state index < -0.39 is 65.3 Å². The number of hydrogen-bond donors (Lipinski definition) is 6. The van der Waals surface area contributed by atoms with Crippen LogP contribution in [0.25, 0.3) is 49.7 Å². The Morgan fingerprint density at radius 2 is 1.52 bits per heavy atom. The number of pyridine rings is 1. The number of fused-ring (bicyclic) bond motifs is 5. The molecule has 24 nitrogen and oxygen atoms in total. The molecule has 2 aliphatic heterocycles. The summed E-state index contributed by atoms with van der Waals surface area (Å²) in [6, 6.07) is 39.1. The molecule has 0 radical (unpaired) electrons. The molecule has 3 amide bonds. The van der Waals surface area contributed by atoms with Crippen LogP contribution in [0.2, 0.25) is 0 Å². The van der Waals surface area contributed by atoms with Crippen LogP contribution in [0.4, 0.5) is 10.7 Å². The highest BCUT2D eigenvalue weighted by molar-refractivity contribution is 5.98. The van der Waals surface area contributed by atoms with E-state index in [1.54, 1.807) is 50.7 Å². The molecule has 13 rings (SSSR count). The molecular formula is C78H84N12O12. The number of carbonyl (C=O) groups is 4. The van der Waals surface area contributed by atoms with Crippen molar-refractivity contribution < 1.29 is 42.9 Å². The van der Waals surface area contributed by atoms with Crippen LogP contribution < -0.4 is 47.7 Å². The normalized spacial score (nSPS) is 16.2. The van der Waals surface area contributed by atoms with Gasteiger partial charge in [-0.2, -0.15) is 0 Å². The van der Waals surface area contributed by atoms with Crippen LogP contribution in [0, 0.1) is 11.8 Å². The zero-order chi connectivity index (χ0) is 71.3. The smallest absolute Gasteiger partial charge is 0.407 e. The van der Waals surface area contributed by atoms with Crippen molar-refractivity contribution in [3.8, 4) is 45.5 Å². The third-order valence-electron chi connectivity index (χ3n) is 19.5. The minimum Gasteiger partial charge on any atom is -0.495 e. The highest BCUT2D eigenvalue weighted by Crippen LogP contribution is 2.46. The maximum absolute atomic E-state index is 14.0. The second-order valence-electron chi connectivity index (χ2n) is 27.8. The lowest BCUT2D eigenvalue weighted by molar-refractivity contribution is -0.156. The summed E-state index contributed by atoms with van der Waals surface area (Å²) >= 11 is 0. The Kier molecular flexibility index (Phi) is 20.4. The van der Waals surface area contributed by atoms with Crippen molar-refractivity contribution in [3.63, 3.8) is 0 Å². The minimum absolute atomic E-state index is 0.0313. The van der Waals surface area contributed by atoms with Crippen molar-refractivity contribution in [1.29, 1.82) is 0 Å². The van der Waals surface area contributed by atoms with Crippen LogP contribution in [0.5, 0.6) is 5.75 Å². The van der Waals surface area contributed by atoms with Gasteiger partial charge in [0.15, 0.2) is 5.60 Å². The number of esters is 1. The van der Waals surface area contributed by atoms with Crippen molar-refractivity contribution in [2.24, 2.45) is 7.05 Å². The molecule has 3 fully saturated rings. The Hall–Kier alpha value is -10.7. The SMILES string of the molecule is COc1ccc(C#CCNC2(C)CCN(C3CCN(c4nc(C(COCNC(=O)CNC(=O)[C@H](CC(=O)OC(C)(C)C)NC(=O)OCC5c6ccccc6-c6ccccc65)(OC5CC5)c5ccccc5)c5cc(-c6cn(C)c(=O)c7[nH]ccc67)ccc5n4)CC3)CC2)cc1-n1ccc(=O)[nH]c1=O. The standard InChI is InChI=1S/C78H84N12O12/c1-76(2,3)102-68(93)43-63(84-75(97)100-46-61-56-20-12-10-18-54(56)55-19-11-13-21-57(55)61)71(94)80-44-67(92)81-48-99-47-78(101-53-24-25-53,51-16-8-7-9-17-51)70-59-42-50(60-45-87(5)72(95)69-58(60)28-35-79-69)23-26-62(59)83-73(86-70)89-36-29-52(30-37-89)88-39-32-77(4,33-40-88)82-34-14-15-49-22-27-65(98-6)64(41-49)90-38-31-66(91)85-74(90)96/h7-13,16-23,26-28,31,35,38,41-42,45,52-53,61,63,79,82H,24-25,29-30,32-34,36-37,39-40,43-44,46-48H2,1-6H3,(H,80,94)(H,81,92)(H,84,97)(H,85,91,96)/t63-,78?/m0/s1. The number of carbonyl (C=O) groups excluding carboxylic acids is 4. The second-order valence-corrected chi connectivity index (χ2v) is 27.8. The molecule has 4 aliphatic rings. The van der Waals surface area contributed by atoms with Crippen molar-refractivity contribution in [2.75, 3.05) is 71.2 Å². The molecule has 102 heavy (non-hydrogen) atoms. The fourth-order valence-electron chi connectivity index (χ4n) is 14.0. The first kappa shape index (κ1) is 69.8. The molecule has 5 aromatic carbocycles. The number of likely N-dealkylation sites (tertiary alicyclic amines) is 1. The lowest BCUT2D eigenvalue weighted by Crippen LogP contribution is -2.55. The summed E-state index contributed by atoms with van der Waals surface area (Å²) in [4.78, 5) is 113. The van der Waals surface area contributed by atoms with Crippen molar-refractivity contribution in [3.05, 3.63) is 205 Å². The molecule has 0 spiro atoms. The van der Waals surface area contributed by atoms with E-state index in [1.807, 2.05) is 115 Å². The third kappa shape index (κ3) is 15.6. The first-order valence-corrected chi connectivity index (χ1v) is 34.6. The molecule has 0 bridgehead atoms. The number of aryl methyl sites for hydroxylation is 1. The number of H-pyrrole nitrogens is 2. The van der Waals surface area contributed by atoms with Crippen molar-refractivity contribution in [2.45, 2.75) is 113 Å². The Morgan fingerprint density at radius 3 is 2.23 bits per heavy atom. The summed E-state index contributed by atoms with van der Waals surface area (Å²) in [7, 11) is 3.25. The highest BCUT2D eigenvalue weighted by Gasteiger charge is 2.45. The topological polar surface area (TPSA) is 287 Å². The average Bonchev–Trinajstić information content (AvgIpc) is 1.13. The average molecular weight is 1380 g/mol. The number of amides is 3. The van der Waals surface area contributed by atoms with Gasteiger partial charge in [-0.3, -0.25) is 33.5 Å². The third-order valence-corrected chi connectivity index (χ3v) is 19.5. The molecule has 1 saturated carbocycles. The molecule has 2 aliphatic carbocycles. The fraction of sp³-hybridized carbons (Fsp3) is 0.372. The molecule has 4 aromatic heterocycles. The summed E-state index contributed by atoms with van der Waals surface area (Å²) in [5, 5.41) is 13.1. The number of hydrogen-bond acceptors (Lipinski definition) is 17. The first-order chi connectivity index (χ1) is 49.2. The lowest BCUT2D eigenvalue weighted by Gasteiger charge is -2.45. The van der Waals surface area contributed by atoms with Gasteiger partial charge in [0.05, 0.1) is 56.2 Å². The number of piperidine rings is 2. The summed E-state index contributed by atoms with van der Waals surface area (Å²) in [5.74, 6) is 5.07. The highest BCUT2D eigenvalue weighted by atomic mass is 16.6. The van der Waals surface area contributed by atoms with Gasteiger partial charge in [0.2, 0.25) is 17.8 Å². The van der Waals surface area contributed by atoms with Crippen LogP contribution in [0.1, 0.15) is 107 Å². The molecule has 528 valence electrons. The number of benzene rings is 5. The number of aromatic amines is 2. The Morgan fingerprint density at radius 1 is 0.794 bits per heavy atom. The van der Waals surface area contributed by atoms with Crippen LogP contribution in [-0.4, -0.2) is 153 Å². The van der Waals surface area contributed by atoms with Gasteiger partial charge in [0.1, 0.15) is 36.2 Å². The number of nitrogens with one attached hydrogen (secondary N) is 6. The zero-order valence-corrected chi connectivity index (χ0v) is 58.1. The molecule has 1 unspecified atom stereocenters. The van der Waals surface area contributed by atoms with Crippen LogP contribution in [-0.2, 0) is 46.0 Å². The van der Waals surface area contributed by atoms with Crippen LogP contribution in [0.3, 0.4) is 0 Å². The number of alkyl carbamates (subject to hydrolysis) is 1. The van der Waals surface area contributed by atoms with E-state index in [-0.39, 0.29) is 43.1 Å². The van der Waals surface area contributed by atoms with E-state index in [0.717, 1.165) is 95.9 Å². The number of anilines is 1. The van der Waals surface area contributed by atoms with Crippen LogP contribution in [0.15, 0.2) is 160 Å². The summed E-state index contributed by atoms with van der Waals surface area (Å²) in [6.45, 7) is 10.0. The predicted molar refractivity (Wildman–Crippen MR) is 386 cm³/mol. The molecular weight excluding hydrogens is 1300 g/mol. The van der Waals surface area contributed by atoms with E-state index in [1.165, 1.54) is 23.9 Å². The molecule has 9 aromatic rings. The van der Waals surface area contributed by atoms with E-state index in [0.29, 0.717) is 70.7 Å². The van der Waals surface area contributed by atoms with E-state index >= 15 is 0 Å². The quantitative estimate of drug-likeness (QED) is 0.0153. The van der Waals surface area contributed by atoms with E-state index in [9.17, 15) is 33.6 Å². The van der Waals surface area contributed by atoms with Gasteiger partial charge in [-0.15, -0.1) is 0 Å². The number of ether oxygens (including phenoxy) is 5. The van der Waals surface area contributed by atoms with Gasteiger partial charge in [-0.1, -0.05) is 96.8 Å². The molecule has 6 N–H and O–H groups in total. The van der Waals surface area contributed by atoms with Gasteiger partial charge in [-0.25, -0.2) is 19.6 Å². The van der Waals surface area contributed by atoms with Gasteiger partial charge in [0.25, 0.3) is 11.1 Å². The van der Waals surface area contributed by atoms with Gasteiger partial charge < -0.3 is 64.3 Å². The van der Waals surface area contributed by atoms with Gasteiger partial charge in [0, 0.05) is 97.3 Å². The fourth-order valence-corrected chi connectivity index (χ4v) is 14.0. The predicted octanol–water partition coefficient (Wildman–Crippen LogP) is 8.06. The van der Waals surface area contributed by atoms with Crippen LogP contribution >= 0.6 is 0 Å². The summed E-state index contributed by atoms with van der Waals surface area (Å²) in [5.41, 5.74) is 5.76. The number of nitrogens with zero attached hydrogens (tertiary/aromatic N) is 6. The van der Waals surface area contributed by atoms with Gasteiger partial charge >= 0.3 is 17.8 Å². The minimum atomic E-state index is -1.46. The van der Waals surface area contributed by atoms with Crippen molar-refractivity contribution >= 4 is 51.6 Å². The summed E-state index contributed by atoms with van der Waals surface area (Å²) < 4.78 is 33.6. The molecule has 2 saturated heterocycles. The van der Waals surface area contributed by atoms with E-state index in [2.05, 4.69) is 59.8 Å². The maximum atomic E-state index is 14.0. The van der Waals surface area contributed by atoms with Crippen molar-refractivity contribution in [1.82, 2.24) is 55.2 Å². The lowest BCUT2D eigenvalue weighted by atomic mass is 9.87. The monoisotopic (exact) mass is 1380 g/mol. The second kappa shape index (κ2) is 29.9. The van der Waals surface area contributed by atoms with E-state index in [4.69, 9.17) is 33.7 Å². The maximum Gasteiger partial charge on any atom is 0.407 e. The Balaban J connectivity index is 0.701. The number of rotatable bonds is 23. The molecule has 2 atom stereocenters. The first-order valence-electron chi connectivity index (χ1n) is 34.6. The van der Waals surface area contributed by atoms with Gasteiger partial charge in [-0.05, 0) is 136 Å². The largest absolute Gasteiger partial charge is 0.495 e. The number of aromatic nitrogens is 6.